The van der Waals surface area contributed by atoms with Crippen molar-refractivity contribution >= 4 is 17.1 Å². The molecule has 0 aromatic heterocycles. The van der Waals surface area contributed by atoms with Crippen molar-refractivity contribution in [1.29, 1.82) is 0 Å². The number of anilines is 2. The van der Waals surface area contributed by atoms with Gasteiger partial charge in [0, 0.05) is 37.5 Å². The largest absolute Gasteiger partial charge is 0.340 e. The number of nitrogens with one attached hydrogen (secondary N) is 1. The van der Waals surface area contributed by atoms with Gasteiger partial charge in [-0.25, -0.2) is 0 Å². The molecule has 5 nitrogen and oxygen atoms in total. The van der Waals surface area contributed by atoms with E-state index in [0.29, 0.717) is 0 Å². The summed E-state index contributed by atoms with van der Waals surface area (Å²) >= 11 is 0. The van der Waals surface area contributed by atoms with Gasteiger partial charge < -0.3 is 10.2 Å². The number of aryl methyl sites for hydroxylation is 1. The molecule has 0 bridgehead atoms. The van der Waals surface area contributed by atoms with Crippen molar-refractivity contribution in [3.63, 3.8) is 0 Å². The van der Waals surface area contributed by atoms with Crippen LogP contribution in [0.15, 0.2) is 42.5 Å². The van der Waals surface area contributed by atoms with E-state index in [1.165, 1.54) is 5.56 Å². The summed E-state index contributed by atoms with van der Waals surface area (Å²) in [4.78, 5) is 12.9. The Kier molecular flexibility index (Phi) is 3.58. The highest BCUT2D eigenvalue weighted by molar-refractivity contribution is 5.71. The van der Waals surface area contributed by atoms with Crippen LogP contribution in [0.25, 0.3) is 0 Å². The van der Waals surface area contributed by atoms with Crippen LogP contribution in [0.5, 0.6) is 0 Å². The first-order chi connectivity index (χ1) is 10.2. The van der Waals surface area contributed by atoms with Crippen molar-refractivity contribution in [2.75, 3.05) is 18.0 Å². The monoisotopic (exact) mass is 283 g/mol. The smallest absolute Gasteiger partial charge is 0.271 e. The minimum absolute atomic E-state index is 0.130. The minimum atomic E-state index is -0.342. The highest BCUT2D eigenvalue weighted by atomic mass is 16.6. The molecule has 0 saturated carbocycles. The molecule has 0 fully saturated rings. The summed E-state index contributed by atoms with van der Waals surface area (Å²) in [6.45, 7) is 4.44. The molecule has 1 aliphatic heterocycles. The van der Waals surface area contributed by atoms with E-state index in [1.54, 1.807) is 12.1 Å². The van der Waals surface area contributed by atoms with Gasteiger partial charge in [0.15, 0.2) is 0 Å². The molecular formula is C16H17N3O2. The SMILES string of the molecule is Cc1ccc([N+](=O)[O-])cc1N1CCNCc2ccccc21. The molecule has 0 amide bonds. The number of hydrogen-bond donors (Lipinski definition) is 1. The van der Waals surface area contributed by atoms with Gasteiger partial charge in [0.2, 0.25) is 0 Å². The van der Waals surface area contributed by atoms with Crippen LogP contribution in [0, 0.1) is 17.0 Å². The maximum atomic E-state index is 11.0. The lowest BCUT2D eigenvalue weighted by atomic mass is 10.1. The number of para-hydroxylation sites is 1. The lowest BCUT2D eigenvalue weighted by molar-refractivity contribution is -0.384. The molecule has 1 N–H and O–H groups in total. The quantitative estimate of drug-likeness (QED) is 0.679. The molecule has 21 heavy (non-hydrogen) atoms. The first-order valence-electron chi connectivity index (χ1n) is 6.98. The van der Waals surface area contributed by atoms with E-state index in [9.17, 15) is 10.1 Å². The number of nitrogens with zero attached hydrogens (tertiary/aromatic N) is 2. The molecule has 3 rings (SSSR count). The Labute approximate surface area is 123 Å². The topological polar surface area (TPSA) is 58.4 Å². The number of fused-ring (bicyclic) bond motifs is 1. The van der Waals surface area contributed by atoms with Crippen molar-refractivity contribution in [2.45, 2.75) is 13.5 Å². The molecule has 0 radical (unpaired) electrons. The standard InChI is InChI=1S/C16H17N3O2/c1-12-6-7-14(19(20)21)10-16(12)18-9-8-17-11-13-4-2-3-5-15(13)18/h2-7,10,17H,8-9,11H2,1H3. The first kappa shape index (κ1) is 13.6. The zero-order chi connectivity index (χ0) is 14.8. The second-order valence-corrected chi connectivity index (χ2v) is 5.19. The summed E-state index contributed by atoms with van der Waals surface area (Å²) in [5.74, 6) is 0. The summed E-state index contributed by atoms with van der Waals surface area (Å²) in [5.41, 5.74) is 4.40. The van der Waals surface area contributed by atoms with Crippen molar-refractivity contribution in [3.05, 3.63) is 63.7 Å². The van der Waals surface area contributed by atoms with Crippen LogP contribution in [0.4, 0.5) is 17.1 Å². The number of nitro benzene ring substituents is 1. The molecule has 1 aliphatic rings. The molecule has 0 aliphatic carbocycles. The fourth-order valence-electron chi connectivity index (χ4n) is 2.71. The van der Waals surface area contributed by atoms with Gasteiger partial charge in [-0.2, -0.15) is 0 Å². The third-order valence-electron chi connectivity index (χ3n) is 3.80. The summed E-state index contributed by atoms with van der Waals surface area (Å²) in [6.07, 6.45) is 0. The van der Waals surface area contributed by atoms with Crippen molar-refractivity contribution < 1.29 is 4.92 Å². The van der Waals surface area contributed by atoms with Crippen molar-refractivity contribution in [1.82, 2.24) is 5.32 Å². The number of hydrogen-bond acceptors (Lipinski definition) is 4. The van der Waals surface area contributed by atoms with Crippen LogP contribution in [0.2, 0.25) is 0 Å². The Hall–Kier alpha value is -2.40. The summed E-state index contributed by atoms with van der Waals surface area (Å²) in [6, 6.07) is 13.2. The van der Waals surface area contributed by atoms with Crippen LogP contribution < -0.4 is 10.2 Å². The molecule has 0 spiro atoms. The zero-order valence-corrected chi connectivity index (χ0v) is 11.9. The lowest BCUT2D eigenvalue weighted by Crippen LogP contribution is -2.25. The predicted molar refractivity (Wildman–Crippen MR) is 83.0 cm³/mol. The van der Waals surface area contributed by atoms with Gasteiger partial charge in [-0.3, -0.25) is 10.1 Å². The maximum absolute atomic E-state index is 11.0. The van der Waals surface area contributed by atoms with Gasteiger partial charge in [0.05, 0.1) is 10.6 Å². The van der Waals surface area contributed by atoms with Gasteiger partial charge in [0.1, 0.15) is 0 Å². The predicted octanol–water partition coefficient (Wildman–Crippen LogP) is 3.14. The zero-order valence-electron chi connectivity index (χ0n) is 11.9. The first-order valence-corrected chi connectivity index (χ1v) is 6.98. The summed E-state index contributed by atoms with van der Waals surface area (Å²) in [7, 11) is 0. The average Bonchev–Trinajstić information content (AvgIpc) is 2.70. The molecule has 0 unspecified atom stereocenters. The van der Waals surface area contributed by atoms with Crippen LogP contribution in [0.3, 0.4) is 0 Å². The molecule has 2 aromatic carbocycles. The van der Waals surface area contributed by atoms with E-state index in [1.807, 2.05) is 25.1 Å². The summed E-state index contributed by atoms with van der Waals surface area (Å²) < 4.78 is 0. The Balaban J connectivity index is 2.11. The van der Waals surface area contributed by atoms with E-state index in [4.69, 9.17) is 0 Å². The fraction of sp³-hybridized carbons (Fsp3) is 0.250. The number of nitro groups is 1. The highest BCUT2D eigenvalue weighted by Gasteiger charge is 2.19. The molecular weight excluding hydrogens is 266 g/mol. The molecule has 0 atom stereocenters. The normalized spacial score (nSPS) is 14.4. The third-order valence-corrected chi connectivity index (χ3v) is 3.80. The van der Waals surface area contributed by atoms with Crippen molar-refractivity contribution in [2.24, 2.45) is 0 Å². The van der Waals surface area contributed by atoms with Crippen LogP contribution >= 0.6 is 0 Å². The number of benzene rings is 2. The molecule has 0 saturated heterocycles. The fourth-order valence-corrected chi connectivity index (χ4v) is 2.71. The second kappa shape index (κ2) is 5.54. The van der Waals surface area contributed by atoms with E-state index < -0.39 is 0 Å². The maximum Gasteiger partial charge on any atom is 0.271 e. The van der Waals surface area contributed by atoms with Crippen LogP contribution in [-0.4, -0.2) is 18.0 Å². The molecule has 5 heteroatoms. The van der Waals surface area contributed by atoms with E-state index >= 15 is 0 Å². The van der Waals surface area contributed by atoms with Gasteiger partial charge in [-0.1, -0.05) is 24.3 Å². The summed E-state index contributed by atoms with van der Waals surface area (Å²) in [5, 5.41) is 14.4. The molecule has 1 heterocycles. The highest BCUT2D eigenvalue weighted by Crippen LogP contribution is 2.34. The number of rotatable bonds is 2. The Morgan fingerprint density at radius 2 is 2.00 bits per heavy atom. The molecule has 108 valence electrons. The number of non-ortho nitro benzene ring substituents is 1. The van der Waals surface area contributed by atoms with E-state index in [2.05, 4.69) is 22.3 Å². The molecule has 2 aromatic rings. The van der Waals surface area contributed by atoms with Crippen LogP contribution in [0.1, 0.15) is 11.1 Å². The third kappa shape index (κ3) is 2.60. The van der Waals surface area contributed by atoms with E-state index in [-0.39, 0.29) is 10.6 Å². The Bertz CT molecular complexity index is 685. The Morgan fingerprint density at radius 3 is 2.81 bits per heavy atom. The van der Waals surface area contributed by atoms with Gasteiger partial charge >= 0.3 is 0 Å². The van der Waals surface area contributed by atoms with Gasteiger partial charge in [-0.05, 0) is 24.1 Å². The van der Waals surface area contributed by atoms with Gasteiger partial charge in [-0.15, -0.1) is 0 Å². The average molecular weight is 283 g/mol. The van der Waals surface area contributed by atoms with Gasteiger partial charge in [0.25, 0.3) is 5.69 Å². The van der Waals surface area contributed by atoms with Crippen LogP contribution in [-0.2, 0) is 6.54 Å². The second-order valence-electron chi connectivity index (χ2n) is 5.19. The van der Waals surface area contributed by atoms with Crippen molar-refractivity contribution in [3.8, 4) is 0 Å². The Morgan fingerprint density at radius 1 is 1.19 bits per heavy atom. The lowest BCUT2D eigenvalue weighted by Gasteiger charge is -2.26. The van der Waals surface area contributed by atoms with E-state index in [0.717, 1.165) is 36.6 Å². The minimum Gasteiger partial charge on any atom is -0.340 e.